The quantitative estimate of drug-likeness (QED) is 0.555. The second kappa shape index (κ2) is 9.27. The zero-order valence-electron chi connectivity index (χ0n) is 14.5. The molecule has 3 aromatic rings. The van der Waals surface area contributed by atoms with Crippen molar-refractivity contribution >= 4 is 27.6 Å². The zero-order chi connectivity index (χ0) is 19.1. The average molecular weight is 432 g/mol. The molecule has 27 heavy (non-hydrogen) atoms. The number of rotatable bonds is 7. The van der Waals surface area contributed by atoms with Crippen LogP contribution in [0.15, 0.2) is 59.6 Å². The number of benzene rings is 2. The highest BCUT2D eigenvalue weighted by molar-refractivity contribution is 9.10. The number of hydrogen-bond donors (Lipinski definition) is 2. The van der Waals surface area contributed by atoms with Gasteiger partial charge in [-0.25, -0.2) is 18.9 Å². The fraction of sp³-hybridized carbons (Fsp3) is 0.211. The summed E-state index contributed by atoms with van der Waals surface area (Å²) in [5.41, 5.74) is 2.34. The van der Waals surface area contributed by atoms with Crippen LogP contribution in [0.1, 0.15) is 17.5 Å². The Morgan fingerprint density at radius 2 is 2.11 bits per heavy atom. The summed E-state index contributed by atoms with van der Waals surface area (Å²) in [7, 11) is 0. The molecule has 0 aliphatic carbocycles. The number of carbonyl (C=O) groups excluding carboxylic acids is 1. The summed E-state index contributed by atoms with van der Waals surface area (Å²) >= 11 is 3.24. The van der Waals surface area contributed by atoms with Crippen molar-refractivity contribution in [2.45, 2.75) is 19.4 Å². The molecular weight excluding hydrogens is 413 g/mol. The molecule has 0 aliphatic heterocycles. The maximum Gasteiger partial charge on any atom is 0.319 e. The third-order valence-corrected chi connectivity index (χ3v) is 4.41. The first-order valence-corrected chi connectivity index (χ1v) is 9.29. The molecule has 1 aromatic heterocycles. The minimum atomic E-state index is -0.288. The minimum Gasteiger partial charge on any atom is -0.338 e. The topological polar surface area (TPSA) is 71.8 Å². The Hall–Kier alpha value is -2.74. The van der Waals surface area contributed by atoms with E-state index in [-0.39, 0.29) is 11.8 Å². The van der Waals surface area contributed by atoms with Gasteiger partial charge in [0.15, 0.2) is 0 Å². The summed E-state index contributed by atoms with van der Waals surface area (Å²) in [5.74, 6) is -0.238. The van der Waals surface area contributed by atoms with Crippen LogP contribution in [0.5, 0.6) is 0 Å². The molecule has 1 heterocycles. The van der Waals surface area contributed by atoms with Gasteiger partial charge in [-0.1, -0.05) is 34.1 Å². The number of urea groups is 1. The van der Waals surface area contributed by atoms with Crippen molar-refractivity contribution in [2.75, 3.05) is 11.9 Å². The van der Waals surface area contributed by atoms with Gasteiger partial charge in [0, 0.05) is 16.7 Å². The highest BCUT2D eigenvalue weighted by Crippen LogP contribution is 2.16. The molecule has 0 saturated carbocycles. The molecule has 2 amide bonds. The maximum atomic E-state index is 13.8. The van der Waals surface area contributed by atoms with E-state index in [9.17, 15) is 9.18 Å². The number of anilines is 1. The molecule has 0 fully saturated rings. The van der Waals surface area contributed by atoms with Crippen molar-refractivity contribution < 1.29 is 9.18 Å². The van der Waals surface area contributed by atoms with Gasteiger partial charge >= 0.3 is 6.03 Å². The van der Waals surface area contributed by atoms with Gasteiger partial charge in [0.05, 0.1) is 6.54 Å². The van der Waals surface area contributed by atoms with Crippen LogP contribution in [-0.2, 0) is 13.0 Å². The minimum absolute atomic E-state index is 0.238. The number of amides is 2. The number of hydrogen-bond acceptors (Lipinski definition) is 3. The number of halogens is 2. The molecule has 2 aromatic carbocycles. The predicted molar refractivity (Wildman–Crippen MR) is 105 cm³/mol. The molecular formula is C19H19BrFN5O. The average Bonchev–Trinajstić information content (AvgIpc) is 3.13. The molecule has 3 rings (SSSR count). The van der Waals surface area contributed by atoms with Crippen LogP contribution in [0.4, 0.5) is 14.9 Å². The summed E-state index contributed by atoms with van der Waals surface area (Å²) in [6, 6.07) is 12.3. The molecule has 0 radical (unpaired) electrons. The Balaban J connectivity index is 1.44. The van der Waals surface area contributed by atoms with Crippen LogP contribution in [0.3, 0.4) is 0 Å². The van der Waals surface area contributed by atoms with Gasteiger partial charge < -0.3 is 10.6 Å². The van der Waals surface area contributed by atoms with Gasteiger partial charge in [-0.05, 0) is 48.2 Å². The molecule has 0 spiro atoms. The van der Waals surface area contributed by atoms with Crippen LogP contribution in [0.25, 0.3) is 0 Å². The lowest BCUT2D eigenvalue weighted by molar-refractivity contribution is 0.252. The van der Waals surface area contributed by atoms with Crippen molar-refractivity contribution in [3.63, 3.8) is 0 Å². The second-order valence-corrected chi connectivity index (χ2v) is 6.93. The van der Waals surface area contributed by atoms with Gasteiger partial charge in [-0.3, -0.25) is 0 Å². The molecule has 0 saturated heterocycles. The first-order chi connectivity index (χ1) is 13.1. The molecule has 0 aliphatic rings. The van der Waals surface area contributed by atoms with Gasteiger partial charge in [-0.2, -0.15) is 5.10 Å². The van der Waals surface area contributed by atoms with Crippen molar-refractivity contribution in [3.05, 3.63) is 76.5 Å². The van der Waals surface area contributed by atoms with E-state index < -0.39 is 0 Å². The standard InChI is InChI=1S/C19H19BrFN5O/c20-16-7-6-15(18(21)10-16)4-2-8-23-19(27)25-17-5-1-3-14(9-17)11-26-13-22-12-24-26/h1,3,5-7,9-10,12-13H,2,4,8,11H2,(H2,23,25,27). The molecule has 0 atom stereocenters. The fourth-order valence-corrected chi connectivity index (χ4v) is 2.96. The summed E-state index contributed by atoms with van der Waals surface area (Å²) in [6.07, 6.45) is 4.34. The lowest BCUT2D eigenvalue weighted by Crippen LogP contribution is -2.29. The van der Waals surface area contributed by atoms with Crippen molar-refractivity contribution in [2.24, 2.45) is 0 Å². The monoisotopic (exact) mass is 431 g/mol. The van der Waals surface area contributed by atoms with Gasteiger partial charge in [0.1, 0.15) is 18.5 Å². The van der Waals surface area contributed by atoms with E-state index >= 15 is 0 Å². The molecule has 140 valence electrons. The Labute approximate surface area is 164 Å². The molecule has 2 N–H and O–H groups in total. The second-order valence-electron chi connectivity index (χ2n) is 6.01. The summed E-state index contributed by atoms with van der Waals surface area (Å²) < 4.78 is 16.2. The molecule has 8 heteroatoms. The zero-order valence-corrected chi connectivity index (χ0v) is 16.1. The Morgan fingerprint density at radius 3 is 2.89 bits per heavy atom. The largest absolute Gasteiger partial charge is 0.338 e. The van der Waals surface area contributed by atoms with E-state index in [1.807, 2.05) is 30.3 Å². The van der Waals surface area contributed by atoms with E-state index in [4.69, 9.17) is 0 Å². The SMILES string of the molecule is O=C(NCCCc1ccc(Br)cc1F)Nc1cccc(Cn2cncn2)c1. The first kappa shape index (κ1) is 19.0. The van der Waals surface area contributed by atoms with Gasteiger partial charge in [0.25, 0.3) is 0 Å². The maximum absolute atomic E-state index is 13.8. The first-order valence-electron chi connectivity index (χ1n) is 8.50. The Kier molecular flexibility index (Phi) is 6.54. The number of carbonyl (C=O) groups is 1. The normalized spacial score (nSPS) is 10.6. The third kappa shape index (κ3) is 5.89. The van der Waals surface area contributed by atoms with Crippen LogP contribution in [0, 0.1) is 5.82 Å². The van der Waals surface area contributed by atoms with Crippen LogP contribution in [-0.4, -0.2) is 27.3 Å². The molecule has 0 bridgehead atoms. The highest BCUT2D eigenvalue weighted by Gasteiger charge is 2.05. The lowest BCUT2D eigenvalue weighted by atomic mass is 10.1. The van der Waals surface area contributed by atoms with Crippen LogP contribution in [0.2, 0.25) is 0 Å². The highest BCUT2D eigenvalue weighted by atomic mass is 79.9. The van der Waals surface area contributed by atoms with Crippen molar-refractivity contribution in [1.29, 1.82) is 0 Å². The third-order valence-electron chi connectivity index (χ3n) is 3.92. The summed E-state index contributed by atoms with van der Waals surface area (Å²) in [6.45, 7) is 1.04. The van der Waals surface area contributed by atoms with Crippen LogP contribution >= 0.6 is 15.9 Å². The molecule has 6 nitrogen and oxygen atoms in total. The smallest absolute Gasteiger partial charge is 0.319 e. The van der Waals surface area contributed by atoms with Crippen molar-refractivity contribution in [3.8, 4) is 0 Å². The lowest BCUT2D eigenvalue weighted by Gasteiger charge is -2.09. The fourth-order valence-electron chi connectivity index (χ4n) is 2.63. The number of nitrogens with zero attached hydrogens (tertiary/aromatic N) is 3. The summed E-state index contributed by atoms with van der Waals surface area (Å²) in [4.78, 5) is 15.9. The van der Waals surface area contributed by atoms with E-state index in [0.29, 0.717) is 41.7 Å². The number of nitrogens with one attached hydrogen (secondary N) is 2. The Bertz CT molecular complexity index is 901. The predicted octanol–water partition coefficient (Wildman–Crippen LogP) is 3.98. The Morgan fingerprint density at radius 1 is 1.22 bits per heavy atom. The van der Waals surface area contributed by atoms with Crippen LogP contribution < -0.4 is 10.6 Å². The number of aromatic nitrogens is 3. The van der Waals surface area contributed by atoms with E-state index in [1.165, 1.54) is 12.4 Å². The van der Waals surface area contributed by atoms with Crippen molar-refractivity contribution in [1.82, 2.24) is 20.1 Å². The van der Waals surface area contributed by atoms with E-state index in [0.717, 1.165) is 5.56 Å². The van der Waals surface area contributed by atoms with Gasteiger partial charge in [-0.15, -0.1) is 0 Å². The molecule has 0 unspecified atom stereocenters. The number of aryl methyl sites for hydroxylation is 1. The van der Waals surface area contributed by atoms with E-state index in [2.05, 4.69) is 36.6 Å². The summed E-state index contributed by atoms with van der Waals surface area (Å²) in [5, 5.41) is 9.66. The van der Waals surface area contributed by atoms with E-state index in [1.54, 1.807) is 17.1 Å². The van der Waals surface area contributed by atoms with Gasteiger partial charge in [0.2, 0.25) is 0 Å².